The Kier molecular flexibility index (Phi) is 4.72. The SMILES string of the molecule is C/C=C/COc1cnccc1CNC. The average Bonchev–Trinajstić information content (AvgIpc) is 2.21. The number of nitrogens with one attached hydrogen (secondary N) is 1. The third-order valence-electron chi connectivity index (χ3n) is 1.81. The summed E-state index contributed by atoms with van der Waals surface area (Å²) >= 11 is 0. The van der Waals surface area contributed by atoms with Crippen LogP contribution in [0.5, 0.6) is 5.75 Å². The van der Waals surface area contributed by atoms with Gasteiger partial charge in [0.25, 0.3) is 0 Å². The Morgan fingerprint density at radius 1 is 1.57 bits per heavy atom. The van der Waals surface area contributed by atoms with Gasteiger partial charge in [-0.2, -0.15) is 0 Å². The van der Waals surface area contributed by atoms with Crippen molar-refractivity contribution in [3.05, 3.63) is 36.2 Å². The Labute approximate surface area is 84.8 Å². The van der Waals surface area contributed by atoms with Crippen LogP contribution in [0.3, 0.4) is 0 Å². The molecule has 1 N–H and O–H groups in total. The molecule has 1 heterocycles. The number of rotatable bonds is 5. The molecule has 0 saturated carbocycles. The predicted molar refractivity (Wildman–Crippen MR) is 57.3 cm³/mol. The van der Waals surface area contributed by atoms with E-state index in [2.05, 4.69) is 10.3 Å². The van der Waals surface area contributed by atoms with Crippen LogP contribution in [0.15, 0.2) is 30.6 Å². The molecule has 0 saturated heterocycles. The van der Waals surface area contributed by atoms with E-state index in [0.717, 1.165) is 17.9 Å². The van der Waals surface area contributed by atoms with E-state index in [0.29, 0.717) is 6.61 Å². The number of hydrogen-bond donors (Lipinski definition) is 1. The van der Waals surface area contributed by atoms with Crippen LogP contribution >= 0.6 is 0 Å². The fourth-order valence-electron chi connectivity index (χ4n) is 1.11. The van der Waals surface area contributed by atoms with Crippen molar-refractivity contribution in [3.63, 3.8) is 0 Å². The lowest BCUT2D eigenvalue weighted by Crippen LogP contribution is -2.07. The number of hydrogen-bond acceptors (Lipinski definition) is 3. The van der Waals surface area contributed by atoms with Gasteiger partial charge in [-0.3, -0.25) is 4.98 Å². The molecule has 0 unspecified atom stereocenters. The van der Waals surface area contributed by atoms with E-state index in [-0.39, 0.29) is 0 Å². The lowest BCUT2D eigenvalue weighted by Gasteiger charge is -2.08. The first-order valence-corrected chi connectivity index (χ1v) is 4.70. The molecule has 0 amide bonds. The van der Waals surface area contributed by atoms with Gasteiger partial charge in [0, 0.05) is 18.3 Å². The van der Waals surface area contributed by atoms with E-state index in [1.165, 1.54) is 0 Å². The van der Waals surface area contributed by atoms with E-state index < -0.39 is 0 Å². The van der Waals surface area contributed by atoms with Crippen LogP contribution in [0.2, 0.25) is 0 Å². The smallest absolute Gasteiger partial charge is 0.142 e. The molecule has 0 aliphatic rings. The van der Waals surface area contributed by atoms with Gasteiger partial charge in [-0.15, -0.1) is 0 Å². The molecule has 0 aliphatic heterocycles. The van der Waals surface area contributed by atoms with Gasteiger partial charge in [0.15, 0.2) is 0 Å². The molecule has 3 heteroatoms. The van der Waals surface area contributed by atoms with Gasteiger partial charge in [0.05, 0.1) is 6.20 Å². The van der Waals surface area contributed by atoms with Gasteiger partial charge in [-0.05, 0) is 20.0 Å². The molecular weight excluding hydrogens is 176 g/mol. The zero-order chi connectivity index (χ0) is 10.2. The summed E-state index contributed by atoms with van der Waals surface area (Å²) in [6, 6.07) is 1.96. The molecule has 0 fully saturated rings. The molecule has 76 valence electrons. The summed E-state index contributed by atoms with van der Waals surface area (Å²) < 4.78 is 5.54. The molecule has 0 radical (unpaired) electrons. The van der Waals surface area contributed by atoms with Crippen LogP contribution in [0, 0.1) is 0 Å². The molecule has 3 nitrogen and oxygen atoms in total. The maximum atomic E-state index is 5.54. The van der Waals surface area contributed by atoms with Crippen LogP contribution < -0.4 is 10.1 Å². The third-order valence-corrected chi connectivity index (χ3v) is 1.81. The Bertz CT molecular complexity index is 297. The molecule has 1 rings (SSSR count). The lowest BCUT2D eigenvalue weighted by molar-refractivity contribution is 0.356. The summed E-state index contributed by atoms with van der Waals surface area (Å²) in [5.41, 5.74) is 1.13. The summed E-state index contributed by atoms with van der Waals surface area (Å²) in [6.07, 6.45) is 7.45. The second kappa shape index (κ2) is 6.16. The standard InChI is InChI=1S/C11H16N2O/c1-3-4-7-14-11-9-13-6-5-10(11)8-12-2/h3-6,9,12H,7-8H2,1-2H3/b4-3+. The molecule has 14 heavy (non-hydrogen) atoms. The first-order valence-electron chi connectivity index (χ1n) is 4.70. The molecule has 1 aromatic rings. The monoisotopic (exact) mass is 192 g/mol. The number of nitrogens with zero attached hydrogens (tertiary/aromatic N) is 1. The molecule has 0 aromatic carbocycles. The van der Waals surface area contributed by atoms with Crippen molar-refractivity contribution < 1.29 is 4.74 Å². The Morgan fingerprint density at radius 3 is 3.14 bits per heavy atom. The minimum Gasteiger partial charge on any atom is -0.488 e. The van der Waals surface area contributed by atoms with Crippen LogP contribution in [0.4, 0.5) is 0 Å². The summed E-state index contributed by atoms with van der Waals surface area (Å²) in [5.74, 6) is 0.847. The van der Waals surface area contributed by atoms with Gasteiger partial charge in [-0.25, -0.2) is 0 Å². The predicted octanol–water partition coefficient (Wildman–Crippen LogP) is 1.76. The van der Waals surface area contributed by atoms with Crippen LogP contribution in [-0.2, 0) is 6.54 Å². The molecular formula is C11H16N2O. The molecule has 1 aromatic heterocycles. The first kappa shape index (κ1) is 10.7. The highest BCUT2D eigenvalue weighted by atomic mass is 16.5. The van der Waals surface area contributed by atoms with E-state index in [9.17, 15) is 0 Å². The molecule has 0 spiro atoms. The summed E-state index contributed by atoms with van der Waals surface area (Å²) in [5, 5.41) is 3.09. The molecule has 0 aliphatic carbocycles. The number of pyridine rings is 1. The number of aromatic nitrogens is 1. The summed E-state index contributed by atoms with van der Waals surface area (Å²) in [6.45, 7) is 3.37. The van der Waals surface area contributed by atoms with E-state index in [1.807, 2.05) is 32.2 Å². The van der Waals surface area contributed by atoms with Crippen molar-refractivity contribution in [3.8, 4) is 5.75 Å². The minimum atomic E-state index is 0.596. The van der Waals surface area contributed by atoms with Crippen LogP contribution in [-0.4, -0.2) is 18.6 Å². The van der Waals surface area contributed by atoms with Crippen molar-refractivity contribution in [2.24, 2.45) is 0 Å². The largest absolute Gasteiger partial charge is 0.488 e. The Morgan fingerprint density at radius 2 is 2.43 bits per heavy atom. The highest BCUT2D eigenvalue weighted by Crippen LogP contribution is 2.15. The third kappa shape index (κ3) is 3.18. The van der Waals surface area contributed by atoms with E-state index in [4.69, 9.17) is 4.74 Å². The van der Waals surface area contributed by atoms with Gasteiger partial charge in [0.2, 0.25) is 0 Å². The van der Waals surface area contributed by atoms with Crippen molar-refractivity contribution in [2.45, 2.75) is 13.5 Å². The second-order valence-electron chi connectivity index (χ2n) is 2.89. The van der Waals surface area contributed by atoms with E-state index >= 15 is 0 Å². The van der Waals surface area contributed by atoms with Crippen molar-refractivity contribution in [2.75, 3.05) is 13.7 Å². The fourth-order valence-corrected chi connectivity index (χ4v) is 1.11. The van der Waals surface area contributed by atoms with E-state index in [1.54, 1.807) is 12.4 Å². The second-order valence-corrected chi connectivity index (χ2v) is 2.89. The van der Waals surface area contributed by atoms with Crippen molar-refractivity contribution in [1.29, 1.82) is 0 Å². The Hall–Kier alpha value is -1.35. The van der Waals surface area contributed by atoms with Gasteiger partial charge in [-0.1, -0.05) is 12.2 Å². The minimum absolute atomic E-state index is 0.596. The highest BCUT2D eigenvalue weighted by molar-refractivity contribution is 5.29. The quantitative estimate of drug-likeness (QED) is 0.722. The van der Waals surface area contributed by atoms with Crippen LogP contribution in [0.1, 0.15) is 12.5 Å². The van der Waals surface area contributed by atoms with Crippen molar-refractivity contribution >= 4 is 0 Å². The highest BCUT2D eigenvalue weighted by Gasteiger charge is 2.00. The number of allylic oxidation sites excluding steroid dienone is 1. The topological polar surface area (TPSA) is 34.1 Å². The lowest BCUT2D eigenvalue weighted by atomic mass is 10.2. The first-order chi connectivity index (χ1) is 6.88. The molecule has 0 atom stereocenters. The molecule has 0 bridgehead atoms. The maximum Gasteiger partial charge on any atom is 0.142 e. The summed E-state index contributed by atoms with van der Waals surface area (Å²) in [4.78, 5) is 4.03. The number of ether oxygens (including phenoxy) is 1. The average molecular weight is 192 g/mol. The zero-order valence-electron chi connectivity index (χ0n) is 8.66. The summed E-state index contributed by atoms with van der Waals surface area (Å²) in [7, 11) is 1.91. The van der Waals surface area contributed by atoms with Gasteiger partial charge in [0.1, 0.15) is 12.4 Å². The van der Waals surface area contributed by atoms with Crippen LogP contribution in [0.25, 0.3) is 0 Å². The Balaban J connectivity index is 2.63. The van der Waals surface area contributed by atoms with Gasteiger partial charge < -0.3 is 10.1 Å². The zero-order valence-corrected chi connectivity index (χ0v) is 8.66. The van der Waals surface area contributed by atoms with Crippen molar-refractivity contribution in [1.82, 2.24) is 10.3 Å². The normalized spacial score (nSPS) is 10.7. The van der Waals surface area contributed by atoms with Gasteiger partial charge >= 0.3 is 0 Å². The maximum absolute atomic E-state index is 5.54. The fraction of sp³-hybridized carbons (Fsp3) is 0.364.